The first-order valence-corrected chi connectivity index (χ1v) is 12.9. The zero-order valence-corrected chi connectivity index (χ0v) is 21.5. The normalized spacial score (nSPS) is 25.6. The summed E-state index contributed by atoms with van der Waals surface area (Å²) in [5.74, 6) is -2.71. The number of aromatic nitrogens is 2. The Morgan fingerprint density at radius 1 is 1.34 bits per heavy atom. The van der Waals surface area contributed by atoms with Gasteiger partial charge in [0, 0.05) is 0 Å². The molecule has 2 heterocycles. The van der Waals surface area contributed by atoms with E-state index in [1.165, 1.54) is 19.1 Å². The van der Waals surface area contributed by atoms with Crippen molar-refractivity contribution in [1.29, 1.82) is 0 Å². The van der Waals surface area contributed by atoms with E-state index < -0.39 is 80.6 Å². The Hall–Kier alpha value is -2.97. The van der Waals surface area contributed by atoms with Gasteiger partial charge >= 0.3 is 19.4 Å². The van der Waals surface area contributed by atoms with Gasteiger partial charge in [-0.25, -0.2) is 22.5 Å². The number of nitrogen functional groups attached to an aromatic ring is 1. The van der Waals surface area contributed by atoms with Crippen LogP contribution < -0.4 is 21.0 Å². The van der Waals surface area contributed by atoms with Gasteiger partial charge < -0.3 is 24.8 Å². The summed E-state index contributed by atoms with van der Waals surface area (Å²) in [6.07, 6.45) is -6.75. The van der Waals surface area contributed by atoms with Crippen molar-refractivity contribution in [2.45, 2.75) is 57.0 Å². The highest BCUT2D eigenvalue weighted by Crippen LogP contribution is 2.48. The average molecular weight is 564 g/mol. The zero-order valence-electron chi connectivity index (χ0n) is 20.6. The second-order valence-corrected chi connectivity index (χ2v) is 10.5. The summed E-state index contributed by atoms with van der Waals surface area (Å²) < 4.78 is 78.4. The number of carbonyl (C=O) groups excluding carboxylic acids is 1. The highest BCUT2D eigenvalue weighted by Gasteiger charge is 2.58. The van der Waals surface area contributed by atoms with E-state index >= 15 is 4.39 Å². The van der Waals surface area contributed by atoms with Crippen LogP contribution in [0.3, 0.4) is 0 Å². The van der Waals surface area contributed by atoms with Crippen molar-refractivity contribution in [1.82, 2.24) is 14.6 Å². The number of nitrogens with two attached hydrogens (primary N) is 1. The lowest BCUT2D eigenvalue weighted by atomic mass is 9.98. The minimum atomic E-state index is -4.55. The maximum Gasteiger partial charge on any atom is 0.459 e. The van der Waals surface area contributed by atoms with Crippen LogP contribution in [0.2, 0.25) is 0 Å². The fourth-order valence-corrected chi connectivity index (χ4v) is 5.02. The Morgan fingerprint density at radius 3 is 2.61 bits per heavy atom. The molecule has 4 N–H and O–H groups in total. The number of ether oxygens (including phenoxy) is 2. The molecule has 0 bridgehead atoms. The van der Waals surface area contributed by atoms with Gasteiger partial charge in [0.2, 0.25) is 0 Å². The van der Waals surface area contributed by atoms with Crippen LogP contribution in [0, 0.1) is 5.82 Å². The van der Waals surface area contributed by atoms with E-state index in [0.29, 0.717) is 10.8 Å². The lowest BCUT2D eigenvalue weighted by Gasteiger charge is -2.31. The number of hydrogen-bond donors (Lipinski definition) is 3. The number of aliphatic hydroxyl groups is 1. The number of anilines is 1. The first kappa shape index (κ1) is 29.6. The first-order valence-electron chi connectivity index (χ1n) is 11.4. The molecule has 1 saturated heterocycles. The maximum atomic E-state index is 15.1. The minimum Gasteiger partial charge on any atom is -0.462 e. The molecule has 16 heteroatoms. The molecule has 210 valence electrons. The Labute approximate surface area is 215 Å². The maximum absolute atomic E-state index is 15.1. The first-order chi connectivity index (χ1) is 17.8. The summed E-state index contributed by atoms with van der Waals surface area (Å²) in [7, 11) is -4.55. The zero-order chi connectivity index (χ0) is 28.3. The quantitative estimate of drug-likeness (QED) is 0.270. The number of benzene rings is 1. The van der Waals surface area contributed by atoms with Crippen LogP contribution in [-0.2, 0) is 23.4 Å². The number of hydrogen-bond acceptors (Lipinski definition) is 10. The molecule has 0 radical (unpaired) electrons. The molecule has 38 heavy (non-hydrogen) atoms. The van der Waals surface area contributed by atoms with E-state index in [-0.39, 0.29) is 5.75 Å². The van der Waals surface area contributed by atoms with E-state index in [4.69, 9.17) is 24.3 Å². The topological polar surface area (TPSA) is 164 Å². The Balaban J connectivity index is 1.87. The van der Waals surface area contributed by atoms with Crippen LogP contribution >= 0.6 is 7.75 Å². The third-order valence-corrected chi connectivity index (χ3v) is 7.03. The van der Waals surface area contributed by atoms with Gasteiger partial charge in [-0.15, -0.1) is 0 Å². The number of carbonyl (C=O) groups is 1. The van der Waals surface area contributed by atoms with Crippen LogP contribution in [0.4, 0.5) is 19.0 Å². The van der Waals surface area contributed by atoms with Crippen molar-refractivity contribution in [3.8, 4) is 5.75 Å². The largest absolute Gasteiger partial charge is 0.462 e. The Bertz CT molecular complexity index is 1240. The number of rotatable bonds is 11. The molecule has 1 aliphatic heterocycles. The Morgan fingerprint density at radius 2 is 2.00 bits per heavy atom. The minimum absolute atomic E-state index is 0.0335. The molecular weight excluding hydrogens is 536 g/mol. The summed E-state index contributed by atoms with van der Waals surface area (Å²) in [4.78, 5) is 27.6. The fourth-order valence-electron chi connectivity index (χ4n) is 3.47. The van der Waals surface area contributed by atoms with E-state index in [1.54, 1.807) is 32.0 Å². The van der Waals surface area contributed by atoms with Gasteiger partial charge in [0.25, 0.3) is 0 Å². The summed E-state index contributed by atoms with van der Waals surface area (Å²) in [5, 5.41) is 12.9. The average Bonchev–Trinajstić information content (AvgIpc) is 3.11. The van der Waals surface area contributed by atoms with Gasteiger partial charge in [-0.1, -0.05) is 18.2 Å². The van der Waals surface area contributed by atoms with Crippen LogP contribution in [0.25, 0.3) is 0 Å². The molecule has 0 spiro atoms. The van der Waals surface area contributed by atoms with Crippen molar-refractivity contribution in [2.75, 3.05) is 19.0 Å². The lowest BCUT2D eigenvalue weighted by Crippen LogP contribution is -2.48. The number of aliphatic hydroxyl groups excluding tert-OH is 1. The van der Waals surface area contributed by atoms with Gasteiger partial charge in [-0.2, -0.15) is 10.1 Å². The van der Waals surface area contributed by atoms with Crippen molar-refractivity contribution in [3.05, 3.63) is 52.8 Å². The number of halogens is 3. The third-order valence-electron chi connectivity index (χ3n) is 5.41. The number of nitrogens with one attached hydrogen (secondary N) is 1. The van der Waals surface area contributed by atoms with Crippen molar-refractivity contribution >= 4 is 19.5 Å². The SMILES string of the molecule is CC(C)OC(=O)[C@H](C)NP(=O)(OC[C@@]1(CF)O[C@@H](n2cc(F)c(N)nc2=O)[C@@H](F)[C@@H]1O)Oc1ccccc1. The molecule has 1 aliphatic rings. The van der Waals surface area contributed by atoms with E-state index in [1.807, 2.05) is 0 Å². The molecule has 6 atom stereocenters. The summed E-state index contributed by atoms with van der Waals surface area (Å²) in [5.41, 5.74) is 1.49. The predicted octanol–water partition coefficient (Wildman–Crippen LogP) is 2.03. The van der Waals surface area contributed by atoms with Gasteiger partial charge in [0.15, 0.2) is 29.6 Å². The van der Waals surface area contributed by atoms with Gasteiger partial charge in [0.05, 0.1) is 18.9 Å². The molecule has 1 unspecified atom stereocenters. The molecule has 2 aromatic rings. The van der Waals surface area contributed by atoms with Gasteiger partial charge in [-0.3, -0.25) is 13.9 Å². The molecule has 1 aromatic heterocycles. The smallest absolute Gasteiger partial charge is 0.459 e. The van der Waals surface area contributed by atoms with Crippen LogP contribution in [0.5, 0.6) is 5.75 Å². The van der Waals surface area contributed by atoms with Crippen molar-refractivity contribution in [3.63, 3.8) is 0 Å². The van der Waals surface area contributed by atoms with Gasteiger partial charge in [-0.05, 0) is 32.9 Å². The van der Waals surface area contributed by atoms with E-state index in [2.05, 4.69) is 10.1 Å². The Kier molecular flexibility index (Phi) is 9.21. The molecule has 1 aromatic carbocycles. The number of nitrogens with zero attached hydrogens (tertiary/aromatic N) is 2. The fraction of sp³-hybridized carbons (Fsp3) is 0.500. The third kappa shape index (κ3) is 6.53. The van der Waals surface area contributed by atoms with Crippen molar-refractivity contribution < 1.29 is 46.2 Å². The lowest BCUT2D eigenvalue weighted by molar-refractivity contribution is -0.149. The van der Waals surface area contributed by atoms with Gasteiger partial charge in [0.1, 0.15) is 24.6 Å². The number of alkyl halides is 2. The van der Waals surface area contributed by atoms with E-state index in [0.717, 1.165) is 0 Å². The van der Waals surface area contributed by atoms with E-state index in [9.17, 15) is 28.0 Å². The second kappa shape index (κ2) is 11.8. The summed E-state index contributed by atoms with van der Waals surface area (Å²) >= 11 is 0. The monoisotopic (exact) mass is 564 g/mol. The van der Waals surface area contributed by atoms with Crippen LogP contribution in [0.1, 0.15) is 27.0 Å². The molecular formula is C22H28F3N4O8P. The highest BCUT2D eigenvalue weighted by atomic mass is 31.2. The summed E-state index contributed by atoms with van der Waals surface area (Å²) in [6, 6.07) is 6.35. The number of para-hydroxylation sites is 1. The van der Waals surface area contributed by atoms with Crippen molar-refractivity contribution in [2.24, 2.45) is 0 Å². The summed E-state index contributed by atoms with van der Waals surface area (Å²) in [6.45, 7) is 1.85. The standard InChI is InChI=1S/C22H28F3N4O8P/c1-12(2)35-20(31)13(3)28-38(33,37-14-7-5-4-6-8-14)34-11-22(10-23)17(30)16(25)19(36-22)29-9-15(24)18(26)27-21(29)32/h4-9,12-13,16-17,19,30H,10-11H2,1-3H3,(H,28,33)(H2,26,27,32)/t13-,16-,17-,19+,22+,38?/m0/s1. The second-order valence-electron chi connectivity index (χ2n) is 8.77. The molecule has 0 aliphatic carbocycles. The molecule has 12 nitrogen and oxygen atoms in total. The number of esters is 1. The predicted molar refractivity (Wildman–Crippen MR) is 127 cm³/mol. The van der Waals surface area contributed by atoms with Crippen LogP contribution in [0.15, 0.2) is 41.3 Å². The molecule has 1 fully saturated rings. The molecule has 0 saturated carbocycles. The molecule has 0 amide bonds. The van der Waals surface area contributed by atoms with Crippen LogP contribution in [-0.4, -0.2) is 63.9 Å². The molecule has 3 rings (SSSR count). The highest BCUT2D eigenvalue weighted by molar-refractivity contribution is 7.52.